The number of rotatable bonds is 3. The smallest absolute Gasteiger partial charge is 0.404 e. The van der Waals surface area contributed by atoms with E-state index >= 15 is 0 Å². The maximum Gasteiger partial charge on any atom is 0.573 e. The Hall–Kier alpha value is -2.01. The first-order valence-electron chi connectivity index (χ1n) is 4.48. The second kappa shape index (κ2) is 4.88. The van der Waals surface area contributed by atoms with Gasteiger partial charge in [-0.1, -0.05) is 0 Å². The summed E-state index contributed by atoms with van der Waals surface area (Å²) >= 11 is 0. The third-order valence-electron chi connectivity index (χ3n) is 1.98. The van der Waals surface area contributed by atoms with Gasteiger partial charge in [-0.05, 0) is 0 Å². The Morgan fingerprint density at radius 3 is 2.53 bits per heavy atom. The normalized spacial score (nSPS) is 11.0. The van der Waals surface area contributed by atoms with Crippen LogP contribution in [0.15, 0.2) is 6.20 Å². The lowest BCUT2D eigenvalue weighted by atomic mass is 10.1. The van der Waals surface area contributed by atoms with E-state index in [9.17, 15) is 13.2 Å². The van der Waals surface area contributed by atoms with E-state index < -0.39 is 12.1 Å². The molecule has 5 nitrogen and oxygen atoms in total. The highest BCUT2D eigenvalue weighted by atomic mass is 19.4. The van der Waals surface area contributed by atoms with Crippen molar-refractivity contribution in [3.05, 3.63) is 17.3 Å². The fraction of sp³-hybridized carbons (Fsp3) is 0.333. The zero-order valence-corrected chi connectivity index (χ0v) is 8.58. The summed E-state index contributed by atoms with van der Waals surface area (Å²) in [6.07, 6.45) is -4.31. The maximum absolute atomic E-state index is 12.1. The number of anilines is 1. The van der Waals surface area contributed by atoms with Gasteiger partial charge in [-0.15, -0.1) is 13.2 Å². The van der Waals surface area contributed by atoms with Crippen LogP contribution in [0.4, 0.5) is 19.0 Å². The third-order valence-corrected chi connectivity index (χ3v) is 1.98. The Morgan fingerprint density at radius 2 is 2.06 bits per heavy atom. The molecule has 0 amide bonds. The van der Waals surface area contributed by atoms with E-state index in [2.05, 4.69) is 9.72 Å². The lowest BCUT2D eigenvalue weighted by Crippen LogP contribution is -2.20. The van der Waals surface area contributed by atoms with E-state index in [1.54, 1.807) is 6.07 Å². The molecule has 0 unspecified atom stereocenters. The molecule has 1 heterocycles. The number of nitriles is 1. The van der Waals surface area contributed by atoms with Gasteiger partial charge in [-0.2, -0.15) is 5.26 Å². The largest absolute Gasteiger partial charge is 0.573 e. The average molecular weight is 246 g/mol. The molecular weight excluding hydrogens is 237 g/mol. The summed E-state index contributed by atoms with van der Waals surface area (Å²) in [5.74, 6) is -0.555. The fourth-order valence-corrected chi connectivity index (χ4v) is 1.30. The minimum Gasteiger partial charge on any atom is -0.404 e. The second-order valence-corrected chi connectivity index (χ2v) is 3.05. The van der Waals surface area contributed by atoms with Gasteiger partial charge in [-0.3, -0.25) is 0 Å². The van der Waals surface area contributed by atoms with Crippen molar-refractivity contribution in [3.8, 4) is 11.8 Å². The number of nitrogen functional groups attached to an aromatic ring is 1. The summed E-state index contributed by atoms with van der Waals surface area (Å²) in [5, 5.41) is 8.56. The molecule has 0 aliphatic heterocycles. The van der Waals surface area contributed by atoms with Crippen LogP contribution < -0.4 is 16.2 Å². The van der Waals surface area contributed by atoms with Crippen molar-refractivity contribution < 1.29 is 17.9 Å². The molecule has 0 fully saturated rings. The Kier molecular flexibility index (Phi) is 3.75. The molecule has 0 aliphatic carbocycles. The number of nitrogens with zero attached hydrogens (tertiary/aromatic N) is 2. The quantitative estimate of drug-likeness (QED) is 0.831. The maximum atomic E-state index is 12.1. The molecule has 1 aromatic rings. The number of ether oxygens (including phenoxy) is 1. The molecule has 0 radical (unpaired) electrons. The molecule has 1 aromatic heterocycles. The standard InChI is InChI=1S/C9H9F3N4O/c10-9(11,12)17-7-4-16-8(15)6(3-14)5(7)1-2-13/h4H,1,3,14H2,(H2,15,16). The Balaban J connectivity index is 3.26. The minimum absolute atomic E-state index is 0.00715. The third kappa shape index (κ3) is 3.22. The lowest BCUT2D eigenvalue weighted by Gasteiger charge is -2.15. The van der Waals surface area contributed by atoms with Crippen molar-refractivity contribution in [2.75, 3.05) is 5.73 Å². The first-order chi connectivity index (χ1) is 7.89. The number of hydrogen-bond acceptors (Lipinski definition) is 5. The van der Waals surface area contributed by atoms with Crippen molar-refractivity contribution in [3.63, 3.8) is 0 Å². The lowest BCUT2D eigenvalue weighted by molar-refractivity contribution is -0.275. The van der Waals surface area contributed by atoms with Gasteiger partial charge in [0.2, 0.25) is 0 Å². The molecule has 0 saturated heterocycles. The van der Waals surface area contributed by atoms with Crippen LogP contribution >= 0.6 is 0 Å². The highest BCUT2D eigenvalue weighted by Gasteiger charge is 2.33. The van der Waals surface area contributed by atoms with Crippen LogP contribution in [0.1, 0.15) is 11.1 Å². The molecule has 1 rings (SSSR count). The van der Waals surface area contributed by atoms with E-state index in [0.29, 0.717) is 0 Å². The van der Waals surface area contributed by atoms with Gasteiger partial charge >= 0.3 is 6.36 Å². The van der Waals surface area contributed by atoms with Crippen LogP contribution in [0.3, 0.4) is 0 Å². The van der Waals surface area contributed by atoms with Gasteiger partial charge in [0.15, 0.2) is 5.75 Å². The van der Waals surface area contributed by atoms with Crippen LogP contribution in [0.5, 0.6) is 5.75 Å². The van der Waals surface area contributed by atoms with E-state index in [1.807, 2.05) is 0 Å². The zero-order valence-electron chi connectivity index (χ0n) is 8.58. The number of hydrogen-bond donors (Lipinski definition) is 2. The molecule has 0 aromatic carbocycles. The molecular formula is C9H9F3N4O. The predicted molar refractivity (Wildman–Crippen MR) is 52.5 cm³/mol. The summed E-state index contributed by atoms with van der Waals surface area (Å²) in [7, 11) is 0. The van der Waals surface area contributed by atoms with Gasteiger partial charge in [-0.25, -0.2) is 4.98 Å². The van der Waals surface area contributed by atoms with Crippen molar-refractivity contribution >= 4 is 5.82 Å². The number of aromatic nitrogens is 1. The van der Waals surface area contributed by atoms with Crippen molar-refractivity contribution in [2.45, 2.75) is 19.3 Å². The van der Waals surface area contributed by atoms with E-state index in [1.165, 1.54) is 0 Å². The topological polar surface area (TPSA) is 97.9 Å². The van der Waals surface area contributed by atoms with Gasteiger partial charge in [0.1, 0.15) is 5.82 Å². The van der Waals surface area contributed by atoms with Crippen LogP contribution in [-0.4, -0.2) is 11.3 Å². The molecule has 0 saturated carbocycles. The highest BCUT2D eigenvalue weighted by molar-refractivity contribution is 5.51. The molecule has 8 heteroatoms. The van der Waals surface area contributed by atoms with Gasteiger partial charge in [0, 0.05) is 17.7 Å². The summed E-state index contributed by atoms with van der Waals surface area (Å²) in [4.78, 5) is 3.54. The highest BCUT2D eigenvalue weighted by Crippen LogP contribution is 2.30. The molecule has 4 N–H and O–H groups in total. The molecule has 92 valence electrons. The monoisotopic (exact) mass is 246 g/mol. The minimum atomic E-state index is -4.85. The fourth-order valence-electron chi connectivity index (χ4n) is 1.30. The van der Waals surface area contributed by atoms with Crippen molar-refractivity contribution in [1.82, 2.24) is 4.98 Å². The zero-order chi connectivity index (χ0) is 13.1. The first kappa shape index (κ1) is 13.1. The van der Waals surface area contributed by atoms with Crippen molar-refractivity contribution in [2.24, 2.45) is 5.73 Å². The van der Waals surface area contributed by atoms with E-state index in [4.69, 9.17) is 16.7 Å². The summed E-state index contributed by atoms with van der Waals surface area (Å²) in [5.41, 5.74) is 11.0. The number of alkyl halides is 3. The van der Waals surface area contributed by atoms with Crippen LogP contribution in [0.25, 0.3) is 0 Å². The van der Waals surface area contributed by atoms with Crippen molar-refractivity contribution in [1.29, 1.82) is 5.26 Å². The van der Waals surface area contributed by atoms with E-state index in [0.717, 1.165) is 6.20 Å². The number of nitrogens with two attached hydrogens (primary N) is 2. The predicted octanol–water partition coefficient (Wildman–Crippen LogP) is 1.09. The summed E-state index contributed by atoms with van der Waals surface area (Å²) in [6.45, 7) is -0.120. The summed E-state index contributed by atoms with van der Waals surface area (Å²) in [6, 6.07) is 1.73. The van der Waals surface area contributed by atoms with Crippen LogP contribution in [0.2, 0.25) is 0 Å². The number of pyridine rings is 1. The molecule has 0 bridgehead atoms. The SMILES string of the molecule is N#CCc1c(OC(F)(F)F)cnc(N)c1CN. The van der Waals surface area contributed by atoms with Crippen LogP contribution in [0, 0.1) is 11.3 Å². The van der Waals surface area contributed by atoms with Crippen LogP contribution in [-0.2, 0) is 13.0 Å². The first-order valence-corrected chi connectivity index (χ1v) is 4.48. The van der Waals surface area contributed by atoms with Gasteiger partial charge in [0.25, 0.3) is 0 Å². The Bertz CT molecular complexity index is 453. The summed E-state index contributed by atoms with van der Waals surface area (Å²) < 4.78 is 40.1. The molecule has 0 spiro atoms. The molecule has 0 atom stereocenters. The van der Waals surface area contributed by atoms with Gasteiger partial charge in [0.05, 0.1) is 18.7 Å². The average Bonchev–Trinajstić information content (AvgIpc) is 2.21. The molecule has 17 heavy (non-hydrogen) atoms. The molecule has 0 aliphatic rings. The van der Waals surface area contributed by atoms with Gasteiger partial charge < -0.3 is 16.2 Å². The second-order valence-electron chi connectivity index (χ2n) is 3.05. The Morgan fingerprint density at radius 1 is 1.41 bits per heavy atom. The number of halogens is 3. The van der Waals surface area contributed by atoms with E-state index in [-0.39, 0.29) is 29.9 Å². The Labute approximate surface area is 94.8 Å².